The molecule has 3 heteroatoms. The molecule has 0 radical (unpaired) electrons. The summed E-state index contributed by atoms with van der Waals surface area (Å²) in [6.07, 6.45) is 7.05. The Kier molecular flexibility index (Phi) is 6.35. The van der Waals surface area contributed by atoms with E-state index in [1.807, 2.05) is 30.3 Å². The van der Waals surface area contributed by atoms with Gasteiger partial charge >= 0.3 is 0 Å². The second-order valence-electron chi connectivity index (χ2n) is 10.4. The maximum absolute atomic E-state index is 5.98. The average molecular weight is 531 g/mol. The van der Waals surface area contributed by atoms with Gasteiger partial charge in [0.05, 0.1) is 11.0 Å². The van der Waals surface area contributed by atoms with Crippen LogP contribution in [0.4, 0.5) is 0 Å². The molecule has 0 saturated heterocycles. The highest BCUT2D eigenvalue weighted by Crippen LogP contribution is 2.33. The minimum Gasteiger partial charge on any atom is -0.456 e. The van der Waals surface area contributed by atoms with Gasteiger partial charge < -0.3 is 14.7 Å². The molecule has 0 aliphatic rings. The van der Waals surface area contributed by atoms with Gasteiger partial charge in [-0.05, 0) is 71.1 Å². The number of benzene rings is 5. The van der Waals surface area contributed by atoms with E-state index in [0.29, 0.717) is 6.54 Å². The van der Waals surface area contributed by atoms with Gasteiger partial charge in [-0.25, -0.2) is 0 Å². The fourth-order valence-electron chi connectivity index (χ4n) is 5.71. The molecule has 198 valence electrons. The van der Waals surface area contributed by atoms with Crippen LogP contribution in [0.15, 0.2) is 132 Å². The maximum atomic E-state index is 5.98. The highest BCUT2D eigenvalue weighted by atomic mass is 16.3. The van der Waals surface area contributed by atoms with Crippen LogP contribution < -0.4 is 16.4 Å². The predicted molar refractivity (Wildman–Crippen MR) is 172 cm³/mol. The van der Waals surface area contributed by atoms with Gasteiger partial charge in [0.2, 0.25) is 0 Å². The minimum atomic E-state index is 0.541. The number of allylic oxidation sites excluding steroid dienone is 2. The van der Waals surface area contributed by atoms with Crippen molar-refractivity contribution in [2.75, 3.05) is 0 Å². The first kappa shape index (κ1) is 24.9. The number of para-hydroxylation sites is 2. The molecule has 0 unspecified atom stereocenters. The summed E-state index contributed by atoms with van der Waals surface area (Å²) in [5.41, 5.74) is 15.8. The number of hydrogen-bond acceptors (Lipinski definition) is 2. The van der Waals surface area contributed by atoms with Crippen LogP contribution in [0, 0.1) is 0 Å². The Morgan fingerprint density at radius 2 is 1.46 bits per heavy atom. The number of hydrogen-bond donors (Lipinski definition) is 1. The number of aromatic nitrogens is 1. The lowest BCUT2D eigenvalue weighted by Gasteiger charge is -2.10. The molecule has 0 aliphatic carbocycles. The molecule has 0 saturated carbocycles. The summed E-state index contributed by atoms with van der Waals surface area (Å²) in [7, 11) is 0. The van der Waals surface area contributed by atoms with Gasteiger partial charge in [-0.2, -0.15) is 0 Å². The third-order valence-electron chi connectivity index (χ3n) is 7.83. The first-order valence-electron chi connectivity index (χ1n) is 13.9. The van der Waals surface area contributed by atoms with E-state index in [4.69, 9.17) is 10.2 Å². The van der Waals surface area contributed by atoms with Crippen LogP contribution in [-0.4, -0.2) is 4.57 Å². The van der Waals surface area contributed by atoms with Crippen LogP contribution in [0.25, 0.3) is 62.2 Å². The van der Waals surface area contributed by atoms with Crippen molar-refractivity contribution in [2.24, 2.45) is 5.73 Å². The third kappa shape index (κ3) is 4.57. The van der Waals surface area contributed by atoms with Gasteiger partial charge in [-0.1, -0.05) is 97.6 Å². The first-order chi connectivity index (χ1) is 20.2. The highest BCUT2D eigenvalue weighted by Gasteiger charge is 2.12. The Morgan fingerprint density at radius 3 is 2.29 bits per heavy atom. The van der Waals surface area contributed by atoms with E-state index in [2.05, 4.69) is 114 Å². The van der Waals surface area contributed by atoms with E-state index in [1.54, 1.807) is 0 Å². The first-order valence-corrected chi connectivity index (χ1v) is 13.9. The summed E-state index contributed by atoms with van der Waals surface area (Å²) in [6, 6.07) is 40.7. The molecule has 2 aromatic heterocycles. The van der Waals surface area contributed by atoms with Gasteiger partial charge in [-0.15, -0.1) is 0 Å². The van der Waals surface area contributed by atoms with Crippen LogP contribution in [0.5, 0.6) is 0 Å². The molecule has 7 rings (SSSR count). The van der Waals surface area contributed by atoms with Gasteiger partial charge in [0.1, 0.15) is 11.0 Å². The molecule has 0 aliphatic heterocycles. The fraction of sp³-hybridized carbons (Fsp3) is 0.0526. The summed E-state index contributed by atoms with van der Waals surface area (Å²) < 4.78 is 8.35. The molecule has 0 amide bonds. The summed E-state index contributed by atoms with van der Waals surface area (Å²) >= 11 is 0. The zero-order valence-corrected chi connectivity index (χ0v) is 22.8. The number of rotatable bonds is 6. The molecule has 2 N–H and O–H groups in total. The van der Waals surface area contributed by atoms with Crippen molar-refractivity contribution in [2.45, 2.75) is 13.0 Å². The molecule has 41 heavy (non-hydrogen) atoms. The van der Waals surface area contributed by atoms with Gasteiger partial charge in [0, 0.05) is 33.6 Å². The molecular weight excluding hydrogens is 500 g/mol. The van der Waals surface area contributed by atoms with E-state index in [1.165, 1.54) is 38.5 Å². The van der Waals surface area contributed by atoms with Crippen LogP contribution in [-0.2, 0) is 13.0 Å². The minimum absolute atomic E-state index is 0.541. The van der Waals surface area contributed by atoms with Crippen LogP contribution in [0.2, 0.25) is 0 Å². The van der Waals surface area contributed by atoms with Crippen molar-refractivity contribution in [3.8, 4) is 16.8 Å². The maximum Gasteiger partial charge on any atom is 0.135 e. The molecule has 5 aromatic carbocycles. The molecule has 0 bridgehead atoms. The topological polar surface area (TPSA) is 44.1 Å². The average Bonchev–Trinajstić information content (AvgIpc) is 3.53. The van der Waals surface area contributed by atoms with Crippen molar-refractivity contribution in [3.05, 3.63) is 149 Å². The van der Waals surface area contributed by atoms with Crippen molar-refractivity contribution in [3.63, 3.8) is 0 Å². The van der Waals surface area contributed by atoms with Gasteiger partial charge in [0.15, 0.2) is 0 Å². The Balaban J connectivity index is 1.24. The molecule has 0 fully saturated rings. The number of fused-ring (bicyclic) bond motifs is 4. The fourth-order valence-corrected chi connectivity index (χ4v) is 5.71. The zero-order chi connectivity index (χ0) is 27.8. The highest BCUT2D eigenvalue weighted by molar-refractivity contribution is 6.09. The number of nitrogens with two attached hydrogens (primary N) is 1. The van der Waals surface area contributed by atoms with E-state index in [0.717, 1.165) is 39.3 Å². The summed E-state index contributed by atoms with van der Waals surface area (Å²) in [5, 5.41) is 4.49. The standard InChI is InChI=1S/C38H30N2O/c1-26-32-12-4-7-16-38(32)41-37(26)15-6-2-9-27-17-22-34-33-13-3-5-14-35(33)40(36(34)24-27)31-20-18-29(19-21-31)30-11-8-10-28(23-30)25-39/h2-8,10-24H,1,9,25,39H2/b6-2-,37-15+. The van der Waals surface area contributed by atoms with Crippen molar-refractivity contribution in [1.29, 1.82) is 0 Å². The van der Waals surface area contributed by atoms with Crippen LogP contribution in [0.1, 0.15) is 11.1 Å². The van der Waals surface area contributed by atoms with Crippen LogP contribution >= 0.6 is 0 Å². The molecule has 0 spiro atoms. The normalized spacial score (nSPS) is 12.4. The van der Waals surface area contributed by atoms with E-state index < -0.39 is 0 Å². The van der Waals surface area contributed by atoms with Gasteiger partial charge in [0.25, 0.3) is 0 Å². The Morgan fingerprint density at radius 1 is 0.683 bits per heavy atom. The lowest BCUT2D eigenvalue weighted by molar-refractivity contribution is 0.576. The van der Waals surface area contributed by atoms with E-state index >= 15 is 0 Å². The Hall–Kier alpha value is -5.12. The monoisotopic (exact) mass is 530 g/mol. The molecule has 3 nitrogen and oxygen atoms in total. The third-order valence-corrected chi connectivity index (χ3v) is 7.83. The summed E-state index contributed by atoms with van der Waals surface area (Å²) in [5.74, 6) is 0. The molecule has 2 heterocycles. The largest absolute Gasteiger partial charge is 0.456 e. The van der Waals surface area contributed by atoms with Crippen LogP contribution in [0.3, 0.4) is 0 Å². The molecule has 0 atom stereocenters. The number of nitrogens with zero attached hydrogens (tertiary/aromatic N) is 1. The van der Waals surface area contributed by atoms with Crippen molar-refractivity contribution >= 4 is 45.4 Å². The SMILES string of the molecule is C=c1/c(=C\C=C/Cc2ccc3c4ccccc4n(-c4ccc(-c5cccc(CN)c5)cc4)c3c2)oc2ccccc12. The molecule has 7 aromatic rings. The Labute approximate surface area is 238 Å². The van der Waals surface area contributed by atoms with Crippen molar-refractivity contribution in [1.82, 2.24) is 4.57 Å². The van der Waals surface area contributed by atoms with E-state index in [-0.39, 0.29) is 0 Å². The number of furan rings is 1. The summed E-state index contributed by atoms with van der Waals surface area (Å²) in [6.45, 7) is 4.74. The lowest BCUT2D eigenvalue weighted by atomic mass is 10.0. The zero-order valence-electron chi connectivity index (χ0n) is 22.8. The van der Waals surface area contributed by atoms with Gasteiger partial charge in [-0.3, -0.25) is 0 Å². The predicted octanol–water partition coefficient (Wildman–Crippen LogP) is 7.65. The second kappa shape index (κ2) is 10.5. The van der Waals surface area contributed by atoms with Crippen molar-refractivity contribution < 1.29 is 4.42 Å². The Bertz CT molecular complexity index is 2180. The van der Waals surface area contributed by atoms with E-state index in [9.17, 15) is 0 Å². The molecular formula is C38H30N2O. The lowest BCUT2D eigenvalue weighted by Crippen LogP contribution is -2.17. The smallest absolute Gasteiger partial charge is 0.135 e. The quantitative estimate of drug-likeness (QED) is 0.240. The second-order valence-corrected chi connectivity index (χ2v) is 10.4. The summed E-state index contributed by atoms with van der Waals surface area (Å²) in [4.78, 5) is 0.